The molecule has 0 aliphatic heterocycles. The van der Waals surface area contributed by atoms with Gasteiger partial charge in [0.15, 0.2) is 0 Å². The van der Waals surface area contributed by atoms with E-state index >= 15 is 0 Å². The fourth-order valence-electron chi connectivity index (χ4n) is 1.96. The summed E-state index contributed by atoms with van der Waals surface area (Å²) in [5.41, 5.74) is 6.14. The molecule has 1 heterocycles. The van der Waals surface area contributed by atoms with Crippen molar-refractivity contribution >= 4 is 39.5 Å². The van der Waals surface area contributed by atoms with E-state index < -0.39 is 0 Å². The Hall–Kier alpha value is -1.55. The number of nitrogens with two attached hydrogens (primary N) is 1. The number of hydrogen-bond donors (Lipinski definition) is 2. The first-order valence-electron chi connectivity index (χ1n) is 5.42. The van der Waals surface area contributed by atoms with Crippen molar-refractivity contribution in [1.82, 2.24) is 0 Å². The number of anilines is 1. The summed E-state index contributed by atoms with van der Waals surface area (Å²) in [7, 11) is 0. The van der Waals surface area contributed by atoms with Gasteiger partial charge in [0.2, 0.25) is 0 Å². The first-order valence-corrected chi connectivity index (χ1v) is 6.30. The van der Waals surface area contributed by atoms with Crippen LogP contribution >= 0.6 is 23.7 Å². The number of rotatable bonds is 2. The molecule has 0 aliphatic rings. The van der Waals surface area contributed by atoms with Crippen LogP contribution in [0, 0.1) is 0 Å². The van der Waals surface area contributed by atoms with Crippen molar-refractivity contribution in [2.75, 3.05) is 5.43 Å². The first-order chi connectivity index (χ1) is 8.38. The third-order valence-corrected chi connectivity index (χ3v) is 3.79. The van der Waals surface area contributed by atoms with Crippen LogP contribution in [0.2, 0.25) is 0 Å². The van der Waals surface area contributed by atoms with Crippen LogP contribution in [0.3, 0.4) is 0 Å². The molecule has 0 bridgehead atoms. The van der Waals surface area contributed by atoms with Gasteiger partial charge in [0.05, 0.1) is 0 Å². The zero-order valence-electron chi connectivity index (χ0n) is 9.59. The molecule has 2 nitrogen and oxygen atoms in total. The number of halogens is 1. The van der Waals surface area contributed by atoms with Crippen molar-refractivity contribution < 1.29 is 0 Å². The molecule has 0 fully saturated rings. The van der Waals surface area contributed by atoms with Crippen molar-refractivity contribution in [3.8, 4) is 11.1 Å². The predicted octanol–water partition coefficient (Wildman–Crippen LogP) is 4.28. The summed E-state index contributed by atoms with van der Waals surface area (Å²) in [5.74, 6) is 5.45. The van der Waals surface area contributed by atoms with Crippen molar-refractivity contribution in [3.63, 3.8) is 0 Å². The van der Waals surface area contributed by atoms with E-state index in [4.69, 9.17) is 5.84 Å². The standard InChI is InChI=1S/C14H12N2S.ClH/c15-16-11-6-7-14-12(8-11)13(9-17-14)10-4-2-1-3-5-10;/h1-9,16H,15H2;1H. The Bertz CT molecular complexity index is 649. The van der Waals surface area contributed by atoms with Gasteiger partial charge in [0, 0.05) is 21.3 Å². The third kappa shape index (κ3) is 2.20. The largest absolute Gasteiger partial charge is 0.324 e. The molecule has 0 saturated carbocycles. The lowest BCUT2D eigenvalue weighted by atomic mass is 10.0. The van der Waals surface area contributed by atoms with Gasteiger partial charge in [0.25, 0.3) is 0 Å². The number of fused-ring (bicyclic) bond motifs is 1. The van der Waals surface area contributed by atoms with E-state index in [0.717, 1.165) is 5.69 Å². The Morgan fingerprint density at radius 3 is 2.50 bits per heavy atom. The number of nitrogens with one attached hydrogen (secondary N) is 1. The van der Waals surface area contributed by atoms with Crippen molar-refractivity contribution in [3.05, 3.63) is 53.9 Å². The molecule has 0 radical (unpaired) electrons. The minimum Gasteiger partial charge on any atom is -0.324 e. The van der Waals surface area contributed by atoms with Gasteiger partial charge < -0.3 is 5.43 Å². The molecule has 3 aromatic rings. The molecule has 2 aromatic carbocycles. The average Bonchev–Trinajstić information content (AvgIpc) is 2.82. The number of hydrazine groups is 1. The van der Waals surface area contributed by atoms with E-state index in [2.05, 4.69) is 47.2 Å². The summed E-state index contributed by atoms with van der Waals surface area (Å²) in [6.45, 7) is 0. The Kier molecular flexibility index (Phi) is 3.87. The molecule has 0 amide bonds. The summed E-state index contributed by atoms with van der Waals surface area (Å²) in [6.07, 6.45) is 0. The van der Waals surface area contributed by atoms with Gasteiger partial charge in [-0.25, -0.2) is 0 Å². The SMILES string of the molecule is Cl.NNc1ccc2scc(-c3ccccc3)c2c1. The normalized spacial score (nSPS) is 10.1. The molecule has 0 saturated heterocycles. The number of nitrogen functional groups attached to an aromatic ring is 1. The van der Waals surface area contributed by atoms with E-state index in [1.165, 1.54) is 21.2 Å². The molecular formula is C14H13ClN2S. The van der Waals surface area contributed by atoms with Crippen LogP contribution in [0.1, 0.15) is 0 Å². The summed E-state index contributed by atoms with van der Waals surface area (Å²) in [4.78, 5) is 0. The summed E-state index contributed by atoms with van der Waals surface area (Å²) in [5, 5.41) is 3.44. The second-order valence-corrected chi connectivity index (χ2v) is 4.78. The highest BCUT2D eigenvalue weighted by molar-refractivity contribution is 7.17. The van der Waals surface area contributed by atoms with Gasteiger partial charge in [-0.05, 0) is 29.1 Å². The molecule has 4 heteroatoms. The van der Waals surface area contributed by atoms with Crippen LogP contribution in [0.15, 0.2) is 53.9 Å². The monoisotopic (exact) mass is 276 g/mol. The number of thiophene rings is 1. The molecule has 0 aliphatic carbocycles. The van der Waals surface area contributed by atoms with Crippen molar-refractivity contribution in [2.24, 2.45) is 5.84 Å². The van der Waals surface area contributed by atoms with E-state index in [-0.39, 0.29) is 12.4 Å². The minimum atomic E-state index is 0. The fraction of sp³-hybridized carbons (Fsp3) is 0. The Morgan fingerprint density at radius 1 is 1.00 bits per heavy atom. The van der Waals surface area contributed by atoms with Crippen LogP contribution in [-0.4, -0.2) is 0 Å². The molecule has 18 heavy (non-hydrogen) atoms. The van der Waals surface area contributed by atoms with Crippen LogP contribution in [0.4, 0.5) is 5.69 Å². The Morgan fingerprint density at radius 2 is 1.78 bits per heavy atom. The Balaban J connectivity index is 0.00000120. The smallest absolute Gasteiger partial charge is 0.0492 e. The highest BCUT2D eigenvalue weighted by Crippen LogP contribution is 2.35. The van der Waals surface area contributed by atoms with Crippen LogP contribution < -0.4 is 11.3 Å². The topological polar surface area (TPSA) is 38.0 Å². The molecule has 0 unspecified atom stereocenters. The Labute approximate surface area is 116 Å². The second-order valence-electron chi connectivity index (χ2n) is 3.87. The third-order valence-electron chi connectivity index (χ3n) is 2.82. The lowest BCUT2D eigenvalue weighted by molar-refractivity contribution is 1.36. The van der Waals surface area contributed by atoms with E-state index in [1.54, 1.807) is 11.3 Å². The molecule has 3 rings (SSSR count). The van der Waals surface area contributed by atoms with Gasteiger partial charge in [-0.15, -0.1) is 23.7 Å². The first kappa shape index (κ1) is 12.9. The maximum atomic E-state index is 5.45. The van der Waals surface area contributed by atoms with Gasteiger partial charge >= 0.3 is 0 Å². The zero-order valence-corrected chi connectivity index (χ0v) is 11.2. The molecule has 0 spiro atoms. The van der Waals surface area contributed by atoms with Crippen molar-refractivity contribution in [1.29, 1.82) is 0 Å². The fourth-order valence-corrected chi connectivity index (χ4v) is 2.91. The van der Waals surface area contributed by atoms with Gasteiger partial charge in [-0.1, -0.05) is 30.3 Å². The maximum absolute atomic E-state index is 5.45. The number of benzene rings is 2. The lowest BCUT2D eigenvalue weighted by Gasteiger charge is -2.02. The summed E-state index contributed by atoms with van der Waals surface area (Å²) < 4.78 is 1.28. The predicted molar refractivity (Wildman–Crippen MR) is 82.3 cm³/mol. The molecular weight excluding hydrogens is 264 g/mol. The van der Waals surface area contributed by atoms with E-state index in [1.807, 2.05) is 12.1 Å². The summed E-state index contributed by atoms with van der Waals surface area (Å²) >= 11 is 1.76. The van der Waals surface area contributed by atoms with Crippen molar-refractivity contribution in [2.45, 2.75) is 0 Å². The average molecular weight is 277 g/mol. The zero-order chi connectivity index (χ0) is 11.7. The molecule has 1 aromatic heterocycles. The van der Waals surface area contributed by atoms with E-state index in [9.17, 15) is 0 Å². The molecule has 3 N–H and O–H groups in total. The quantitative estimate of drug-likeness (QED) is 0.542. The van der Waals surface area contributed by atoms with E-state index in [0.29, 0.717) is 0 Å². The highest BCUT2D eigenvalue weighted by atomic mass is 35.5. The van der Waals surface area contributed by atoms with Crippen LogP contribution in [-0.2, 0) is 0 Å². The minimum absolute atomic E-state index is 0. The van der Waals surface area contributed by atoms with Gasteiger partial charge in [0.1, 0.15) is 0 Å². The van der Waals surface area contributed by atoms with Crippen LogP contribution in [0.25, 0.3) is 21.2 Å². The second kappa shape index (κ2) is 5.40. The van der Waals surface area contributed by atoms with Crippen LogP contribution in [0.5, 0.6) is 0 Å². The molecule has 92 valence electrons. The lowest BCUT2D eigenvalue weighted by Crippen LogP contribution is -2.05. The van der Waals surface area contributed by atoms with Gasteiger partial charge in [-0.3, -0.25) is 5.84 Å². The molecule has 0 atom stereocenters. The van der Waals surface area contributed by atoms with Gasteiger partial charge in [-0.2, -0.15) is 0 Å². The highest BCUT2D eigenvalue weighted by Gasteiger charge is 2.06. The maximum Gasteiger partial charge on any atom is 0.0492 e. The summed E-state index contributed by atoms with van der Waals surface area (Å²) in [6, 6.07) is 16.6. The number of hydrogen-bond acceptors (Lipinski definition) is 3.